The predicted octanol–water partition coefficient (Wildman–Crippen LogP) is 5.24. The third-order valence-electron chi connectivity index (χ3n) is 3.72. The van der Waals surface area contributed by atoms with Crippen molar-refractivity contribution in [2.24, 2.45) is 0 Å². The lowest BCUT2D eigenvalue weighted by Gasteiger charge is -2.08. The van der Waals surface area contributed by atoms with Crippen LogP contribution in [0.5, 0.6) is 0 Å². The molecule has 0 aliphatic rings. The fraction of sp³-hybridized carbons (Fsp3) is 0.235. The first-order valence-electron chi connectivity index (χ1n) is 7.80. The van der Waals surface area contributed by atoms with Crippen molar-refractivity contribution in [2.75, 3.05) is 11.9 Å². The van der Waals surface area contributed by atoms with Crippen molar-refractivity contribution in [1.29, 1.82) is 0 Å². The molecule has 6 nitrogen and oxygen atoms in total. The van der Waals surface area contributed by atoms with Crippen LogP contribution in [0, 0.1) is 10.1 Å². The Balaban J connectivity index is 2.11. The number of nitro groups is 1. The summed E-state index contributed by atoms with van der Waals surface area (Å²) in [7, 11) is 0. The van der Waals surface area contributed by atoms with Crippen LogP contribution in [-0.2, 0) is 6.18 Å². The van der Waals surface area contributed by atoms with E-state index in [1.54, 1.807) is 0 Å². The third-order valence-corrected chi connectivity index (χ3v) is 3.72. The van der Waals surface area contributed by atoms with Gasteiger partial charge in [-0.3, -0.25) is 10.1 Å². The number of non-ortho nitro benzene ring substituents is 1. The summed E-state index contributed by atoms with van der Waals surface area (Å²) >= 11 is 0. The van der Waals surface area contributed by atoms with Crippen molar-refractivity contribution >= 4 is 22.5 Å². The molecule has 1 N–H and O–H groups in total. The molecule has 26 heavy (non-hydrogen) atoms. The molecule has 9 heteroatoms. The number of fused-ring (bicyclic) bond motifs is 1. The topological polar surface area (TPSA) is 81.2 Å². The molecule has 0 aliphatic carbocycles. The Bertz CT molecular complexity index is 967. The minimum atomic E-state index is -4.49. The summed E-state index contributed by atoms with van der Waals surface area (Å²) in [5.74, 6) is 0.0154. The van der Waals surface area contributed by atoms with Crippen LogP contribution in [0.2, 0.25) is 0 Å². The number of anilines is 1. The van der Waals surface area contributed by atoms with Crippen LogP contribution >= 0.6 is 0 Å². The van der Waals surface area contributed by atoms with Gasteiger partial charge in [0, 0.05) is 24.4 Å². The molecule has 0 saturated carbocycles. The summed E-state index contributed by atoms with van der Waals surface area (Å²) in [5.41, 5.74) is 0.0645. The number of halogens is 3. The fourth-order valence-corrected chi connectivity index (χ4v) is 2.46. The Morgan fingerprint density at radius 3 is 2.65 bits per heavy atom. The Hall–Kier alpha value is -3.10. The van der Waals surface area contributed by atoms with Crippen LogP contribution in [-0.4, -0.2) is 16.5 Å². The Morgan fingerprint density at radius 1 is 1.23 bits per heavy atom. The molecule has 0 atom stereocenters. The van der Waals surface area contributed by atoms with Gasteiger partial charge in [-0.2, -0.15) is 13.2 Å². The van der Waals surface area contributed by atoms with Gasteiger partial charge < -0.3 is 9.73 Å². The van der Waals surface area contributed by atoms with Crippen molar-refractivity contribution < 1.29 is 22.5 Å². The van der Waals surface area contributed by atoms with E-state index in [2.05, 4.69) is 10.3 Å². The second kappa shape index (κ2) is 6.66. The summed E-state index contributed by atoms with van der Waals surface area (Å²) in [6.45, 7) is 2.57. The summed E-state index contributed by atoms with van der Waals surface area (Å²) < 4.78 is 44.1. The lowest BCUT2D eigenvalue weighted by atomic mass is 10.1. The maximum atomic E-state index is 12.8. The van der Waals surface area contributed by atoms with E-state index in [0.717, 1.165) is 18.6 Å². The second-order valence-electron chi connectivity index (χ2n) is 5.61. The molecule has 3 aromatic rings. The lowest BCUT2D eigenvalue weighted by Crippen LogP contribution is -2.04. The van der Waals surface area contributed by atoms with E-state index in [0.29, 0.717) is 17.8 Å². The molecule has 0 saturated heterocycles. The van der Waals surface area contributed by atoms with Gasteiger partial charge in [0.25, 0.3) is 5.69 Å². The number of hydrogen-bond acceptors (Lipinski definition) is 5. The van der Waals surface area contributed by atoms with Crippen LogP contribution in [0.15, 0.2) is 40.8 Å². The van der Waals surface area contributed by atoms with E-state index >= 15 is 0 Å². The first-order chi connectivity index (χ1) is 12.3. The normalized spacial score (nSPS) is 11.7. The van der Waals surface area contributed by atoms with E-state index in [1.807, 2.05) is 6.92 Å². The third kappa shape index (κ3) is 3.46. The molecule has 3 rings (SSSR count). The number of oxazole rings is 1. The second-order valence-corrected chi connectivity index (χ2v) is 5.61. The number of nitrogens with zero attached hydrogens (tertiary/aromatic N) is 2. The first-order valence-corrected chi connectivity index (χ1v) is 7.80. The van der Waals surface area contributed by atoms with Gasteiger partial charge in [0.05, 0.1) is 16.1 Å². The minimum Gasteiger partial charge on any atom is -0.436 e. The zero-order valence-electron chi connectivity index (χ0n) is 13.6. The van der Waals surface area contributed by atoms with Gasteiger partial charge in [0.15, 0.2) is 5.58 Å². The van der Waals surface area contributed by atoms with Gasteiger partial charge in [0.1, 0.15) is 5.52 Å². The van der Waals surface area contributed by atoms with Crippen molar-refractivity contribution in [3.05, 3.63) is 52.1 Å². The van der Waals surface area contributed by atoms with Crippen molar-refractivity contribution in [3.8, 4) is 11.5 Å². The average molecular weight is 365 g/mol. The molecule has 0 aliphatic heterocycles. The highest BCUT2D eigenvalue weighted by Gasteiger charge is 2.31. The van der Waals surface area contributed by atoms with Gasteiger partial charge >= 0.3 is 6.18 Å². The maximum absolute atomic E-state index is 12.8. The molecule has 2 aromatic carbocycles. The molecule has 0 fully saturated rings. The Morgan fingerprint density at radius 2 is 2.00 bits per heavy atom. The van der Waals surface area contributed by atoms with Crippen LogP contribution < -0.4 is 5.32 Å². The number of nitrogens with one attached hydrogen (secondary N) is 1. The number of aromatic nitrogens is 1. The SMILES string of the molecule is CCCNc1ccc([N+](=O)[O-])cc1-c1nc2cc(C(F)(F)F)ccc2o1. The van der Waals surface area contributed by atoms with Crippen LogP contribution in [0.1, 0.15) is 18.9 Å². The summed E-state index contributed by atoms with van der Waals surface area (Å²) in [6, 6.07) is 7.13. The number of rotatable bonds is 5. The molecule has 0 spiro atoms. The van der Waals surface area contributed by atoms with E-state index in [1.165, 1.54) is 24.3 Å². The number of alkyl halides is 3. The minimum absolute atomic E-state index is 0.0154. The van der Waals surface area contributed by atoms with Crippen molar-refractivity contribution in [1.82, 2.24) is 4.98 Å². The monoisotopic (exact) mass is 365 g/mol. The van der Waals surface area contributed by atoms with Gasteiger partial charge in [0.2, 0.25) is 5.89 Å². The number of benzene rings is 2. The Kier molecular flexibility index (Phi) is 4.54. The highest BCUT2D eigenvalue weighted by Crippen LogP contribution is 2.35. The van der Waals surface area contributed by atoms with E-state index in [-0.39, 0.29) is 22.7 Å². The first kappa shape index (κ1) is 17.7. The molecular weight excluding hydrogens is 351 g/mol. The highest BCUT2D eigenvalue weighted by atomic mass is 19.4. The van der Waals surface area contributed by atoms with Crippen LogP contribution in [0.25, 0.3) is 22.6 Å². The molecular formula is C17H14F3N3O3. The molecule has 1 heterocycles. The Labute approximate surface area is 145 Å². The molecule has 0 bridgehead atoms. The van der Waals surface area contributed by atoms with Crippen molar-refractivity contribution in [2.45, 2.75) is 19.5 Å². The fourth-order valence-electron chi connectivity index (χ4n) is 2.46. The zero-order chi connectivity index (χ0) is 18.9. The van der Waals surface area contributed by atoms with Crippen LogP contribution in [0.3, 0.4) is 0 Å². The summed E-state index contributed by atoms with van der Waals surface area (Å²) in [4.78, 5) is 14.6. The van der Waals surface area contributed by atoms with Crippen molar-refractivity contribution in [3.63, 3.8) is 0 Å². The predicted molar refractivity (Wildman–Crippen MR) is 89.9 cm³/mol. The molecule has 0 amide bonds. The lowest BCUT2D eigenvalue weighted by molar-refractivity contribution is -0.384. The van der Waals surface area contributed by atoms with E-state index in [9.17, 15) is 23.3 Å². The molecule has 0 unspecified atom stereocenters. The number of hydrogen-bond donors (Lipinski definition) is 1. The van der Waals surface area contributed by atoms with E-state index in [4.69, 9.17) is 4.42 Å². The highest BCUT2D eigenvalue weighted by molar-refractivity contribution is 5.81. The quantitative estimate of drug-likeness (QED) is 0.494. The standard InChI is InChI=1S/C17H14F3N3O3/c1-2-7-21-13-5-4-11(23(24)25)9-12(13)16-22-14-8-10(17(18,19)20)3-6-15(14)26-16/h3-6,8-9,21H,2,7H2,1H3. The van der Waals surface area contributed by atoms with Gasteiger partial charge in [-0.25, -0.2) is 4.98 Å². The maximum Gasteiger partial charge on any atom is 0.416 e. The molecule has 0 radical (unpaired) electrons. The van der Waals surface area contributed by atoms with Crippen LogP contribution in [0.4, 0.5) is 24.5 Å². The smallest absolute Gasteiger partial charge is 0.416 e. The van der Waals surface area contributed by atoms with Gasteiger partial charge in [-0.05, 0) is 30.7 Å². The van der Waals surface area contributed by atoms with Gasteiger partial charge in [-0.1, -0.05) is 6.92 Å². The van der Waals surface area contributed by atoms with E-state index < -0.39 is 16.7 Å². The summed E-state index contributed by atoms with van der Waals surface area (Å²) in [5, 5.41) is 14.2. The summed E-state index contributed by atoms with van der Waals surface area (Å²) in [6.07, 6.45) is -3.67. The zero-order valence-corrected chi connectivity index (χ0v) is 13.6. The average Bonchev–Trinajstić information content (AvgIpc) is 3.02. The molecule has 136 valence electrons. The number of nitro benzene ring substituents is 1. The molecule has 1 aromatic heterocycles. The largest absolute Gasteiger partial charge is 0.436 e. The van der Waals surface area contributed by atoms with Gasteiger partial charge in [-0.15, -0.1) is 0 Å².